The summed E-state index contributed by atoms with van der Waals surface area (Å²) in [6, 6.07) is 19.0. The molecule has 0 fully saturated rings. The summed E-state index contributed by atoms with van der Waals surface area (Å²) in [4.78, 5) is 27.2. The summed E-state index contributed by atoms with van der Waals surface area (Å²) < 4.78 is 18.8. The Morgan fingerprint density at radius 3 is 2.69 bits per heavy atom. The van der Waals surface area contributed by atoms with Gasteiger partial charge in [0.1, 0.15) is 0 Å². The highest BCUT2D eigenvalue weighted by atomic mass is 35.5. The minimum atomic E-state index is -1.60. The van der Waals surface area contributed by atoms with Crippen LogP contribution in [0.25, 0.3) is 0 Å². The van der Waals surface area contributed by atoms with Gasteiger partial charge in [0.2, 0.25) is 0 Å². The van der Waals surface area contributed by atoms with Crippen LogP contribution < -0.4 is 15.8 Å². The topological polar surface area (TPSA) is 87.7 Å². The van der Waals surface area contributed by atoms with Gasteiger partial charge in [-0.05, 0) is 61.4 Å². The van der Waals surface area contributed by atoms with Crippen LogP contribution in [0, 0.1) is 0 Å². The zero-order valence-corrected chi connectivity index (χ0v) is 20.8. The van der Waals surface area contributed by atoms with Crippen LogP contribution in [0.5, 0.6) is 0 Å². The molecule has 1 heterocycles. The first-order valence-electron chi connectivity index (χ1n) is 11.3. The summed E-state index contributed by atoms with van der Waals surface area (Å²) in [6.07, 6.45) is 0.690. The number of rotatable bonds is 9. The minimum Gasteiger partial charge on any atom is -0.382 e. The number of amides is 2. The van der Waals surface area contributed by atoms with Crippen molar-refractivity contribution in [2.24, 2.45) is 0 Å². The van der Waals surface area contributed by atoms with E-state index in [1.807, 2.05) is 19.1 Å². The fourth-order valence-electron chi connectivity index (χ4n) is 3.74. The van der Waals surface area contributed by atoms with Gasteiger partial charge in [-0.2, -0.15) is 0 Å². The molecule has 0 spiro atoms. The van der Waals surface area contributed by atoms with E-state index in [4.69, 9.17) is 16.3 Å². The third kappa shape index (κ3) is 5.79. The van der Waals surface area contributed by atoms with Gasteiger partial charge in [0.15, 0.2) is 0 Å². The molecule has 1 aliphatic heterocycles. The summed E-state index contributed by atoms with van der Waals surface area (Å²) >= 11 is 6.11. The van der Waals surface area contributed by atoms with E-state index < -0.39 is 10.8 Å². The molecule has 1 atom stereocenters. The van der Waals surface area contributed by atoms with Crippen LogP contribution in [0.4, 0.5) is 5.69 Å². The first-order chi connectivity index (χ1) is 17.0. The fraction of sp³-hybridized carbons (Fsp3) is 0.231. The smallest absolute Gasteiger partial charge is 0.273 e. The Morgan fingerprint density at radius 2 is 1.89 bits per heavy atom. The molecule has 3 aromatic rings. The lowest BCUT2D eigenvalue weighted by atomic mass is 10.1. The summed E-state index contributed by atoms with van der Waals surface area (Å²) in [5, 5.41) is 4.82. The van der Waals surface area contributed by atoms with E-state index in [-0.39, 0.29) is 11.8 Å². The number of benzene rings is 3. The molecular weight excluding hydrogens is 486 g/mol. The van der Waals surface area contributed by atoms with Crippen LogP contribution in [0.2, 0.25) is 5.02 Å². The van der Waals surface area contributed by atoms with E-state index in [0.29, 0.717) is 64.4 Å². The number of nitrogens with zero attached hydrogens (tertiary/aromatic N) is 1. The third-order valence-corrected chi connectivity index (χ3v) is 7.20. The summed E-state index contributed by atoms with van der Waals surface area (Å²) in [7, 11) is -1.60. The molecule has 0 saturated heterocycles. The second kappa shape index (κ2) is 11.6. The normalized spacial score (nSPS) is 14.7. The molecular formula is C26H26ClN3O4S. The quantitative estimate of drug-likeness (QED) is 0.417. The van der Waals surface area contributed by atoms with E-state index in [2.05, 4.69) is 10.7 Å². The zero-order valence-electron chi connectivity index (χ0n) is 19.3. The van der Waals surface area contributed by atoms with Crippen molar-refractivity contribution < 1.29 is 18.5 Å². The molecule has 7 nitrogen and oxygen atoms in total. The van der Waals surface area contributed by atoms with Crippen molar-refractivity contribution in [3.8, 4) is 0 Å². The lowest BCUT2D eigenvalue weighted by molar-refractivity contribution is 0.0939. The number of fused-ring (bicyclic) bond motifs is 2. The molecule has 3 aromatic carbocycles. The average molecular weight is 512 g/mol. The molecule has 2 N–H and O–H groups in total. The molecule has 1 aliphatic rings. The molecule has 0 aliphatic carbocycles. The molecule has 182 valence electrons. The molecule has 2 amide bonds. The highest BCUT2D eigenvalue weighted by molar-refractivity contribution is 7.85. The Kier molecular flexibility index (Phi) is 8.30. The summed E-state index contributed by atoms with van der Waals surface area (Å²) in [5.41, 5.74) is 5.09. The monoisotopic (exact) mass is 511 g/mol. The largest absolute Gasteiger partial charge is 0.382 e. The van der Waals surface area contributed by atoms with Gasteiger partial charge < -0.3 is 10.1 Å². The fourth-order valence-corrected chi connectivity index (χ4v) is 5.28. The number of carbonyl (C=O) groups is 2. The Balaban J connectivity index is 1.66. The molecule has 35 heavy (non-hydrogen) atoms. The zero-order chi connectivity index (χ0) is 24.8. The molecule has 0 saturated carbocycles. The summed E-state index contributed by atoms with van der Waals surface area (Å²) in [6.45, 7) is 3.87. The van der Waals surface area contributed by atoms with Crippen LogP contribution in [-0.2, 0) is 22.1 Å². The van der Waals surface area contributed by atoms with E-state index in [9.17, 15) is 13.8 Å². The van der Waals surface area contributed by atoms with E-state index >= 15 is 0 Å². The van der Waals surface area contributed by atoms with E-state index in [0.717, 1.165) is 5.56 Å². The third-order valence-electron chi connectivity index (χ3n) is 5.47. The Morgan fingerprint density at radius 1 is 1.06 bits per heavy atom. The second-order valence-corrected chi connectivity index (χ2v) is 9.71. The van der Waals surface area contributed by atoms with E-state index in [1.165, 1.54) is 5.01 Å². The SMILES string of the molecule is CCOCCCNC(=O)c1ccc2c(c1)N(NCc1cccc(Cl)c1)C(=O)c1ccccc1S2=O. The van der Waals surface area contributed by atoms with Crippen LogP contribution in [0.1, 0.15) is 39.6 Å². The highest BCUT2D eigenvalue weighted by Gasteiger charge is 2.31. The van der Waals surface area contributed by atoms with Gasteiger partial charge in [-0.15, -0.1) is 0 Å². The Hall–Kier alpha value is -3.04. The Labute approximate surface area is 211 Å². The molecule has 0 bridgehead atoms. The van der Waals surface area contributed by atoms with Crippen LogP contribution in [0.3, 0.4) is 0 Å². The van der Waals surface area contributed by atoms with Gasteiger partial charge in [0.05, 0.1) is 31.8 Å². The first kappa shape index (κ1) is 25.1. The van der Waals surface area contributed by atoms with Crippen LogP contribution in [0.15, 0.2) is 76.5 Å². The molecule has 9 heteroatoms. The maximum Gasteiger partial charge on any atom is 0.273 e. The van der Waals surface area contributed by atoms with Crippen molar-refractivity contribution in [2.75, 3.05) is 24.8 Å². The van der Waals surface area contributed by atoms with Gasteiger partial charge in [-0.1, -0.05) is 35.9 Å². The van der Waals surface area contributed by atoms with Crippen molar-refractivity contribution in [1.29, 1.82) is 0 Å². The van der Waals surface area contributed by atoms with Gasteiger partial charge in [-0.25, -0.2) is 14.6 Å². The van der Waals surface area contributed by atoms with Crippen molar-refractivity contribution >= 4 is 39.9 Å². The summed E-state index contributed by atoms with van der Waals surface area (Å²) in [5.74, 6) is -0.636. The Bertz CT molecular complexity index is 1270. The molecule has 0 aromatic heterocycles. The lowest BCUT2D eigenvalue weighted by Crippen LogP contribution is -2.43. The van der Waals surface area contributed by atoms with Crippen molar-refractivity contribution in [3.05, 3.63) is 88.4 Å². The number of anilines is 1. The van der Waals surface area contributed by atoms with Gasteiger partial charge in [-0.3, -0.25) is 9.59 Å². The average Bonchev–Trinajstić information content (AvgIpc) is 2.96. The van der Waals surface area contributed by atoms with Gasteiger partial charge in [0, 0.05) is 36.9 Å². The van der Waals surface area contributed by atoms with Gasteiger partial charge in [0.25, 0.3) is 11.8 Å². The predicted octanol–water partition coefficient (Wildman–Crippen LogP) is 4.33. The standard InChI is InChI=1S/C26H26ClN3O4S/c1-2-34-14-6-13-28-25(31)19-11-12-24-22(16-19)30(29-17-18-7-5-8-20(27)15-18)26(32)21-9-3-4-10-23(21)35(24)33/h3-5,7-12,15-16,29H,2,6,13-14,17H2,1H3,(H,28,31). The maximum atomic E-state index is 13.6. The highest BCUT2D eigenvalue weighted by Crippen LogP contribution is 2.34. The number of hydrogen-bond donors (Lipinski definition) is 2. The second-order valence-electron chi connectivity index (χ2n) is 7.86. The molecule has 0 radical (unpaired) electrons. The minimum absolute atomic E-state index is 0.279. The van der Waals surface area contributed by atoms with Crippen molar-refractivity contribution in [1.82, 2.24) is 10.7 Å². The van der Waals surface area contributed by atoms with Crippen molar-refractivity contribution in [3.63, 3.8) is 0 Å². The van der Waals surface area contributed by atoms with Crippen LogP contribution >= 0.6 is 11.6 Å². The first-order valence-corrected chi connectivity index (χ1v) is 12.9. The molecule has 1 unspecified atom stereocenters. The number of hydrogen-bond acceptors (Lipinski definition) is 5. The molecule has 4 rings (SSSR count). The van der Waals surface area contributed by atoms with Gasteiger partial charge >= 0.3 is 0 Å². The number of nitrogens with one attached hydrogen (secondary N) is 2. The number of ether oxygens (including phenoxy) is 1. The maximum absolute atomic E-state index is 13.6. The van der Waals surface area contributed by atoms with Crippen molar-refractivity contribution in [2.45, 2.75) is 29.7 Å². The van der Waals surface area contributed by atoms with Crippen LogP contribution in [-0.4, -0.2) is 35.8 Å². The van der Waals surface area contributed by atoms with E-state index in [1.54, 1.807) is 54.6 Å². The number of carbonyl (C=O) groups excluding carboxylic acids is 2. The predicted molar refractivity (Wildman–Crippen MR) is 136 cm³/mol. The number of halogens is 1. The number of hydrazine groups is 1. The lowest BCUT2D eigenvalue weighted by Gasteiger charge is -2.24.